The van der Waals surface area contributed by atoms with Crippen LogP contribution in [-0.4, -0.2) is 9.97 Å². The number of hydrogen-bond donors (Lipinski definition) is 2. The van der Waals surface area contributed by atoms with Crippen LogP contribution in [0.25, 0.3) is 21.8 Å². The fourth-order valence-electron chi connectivity index (χ4n) is 2.75. The molecule has 0 bridgehead atoms. The Balaban J connectivity index is 0.000000131. The molecule has 2 nitrogen and oxygen atoms in total. The molecule has 106 valence electrons. The van der Waals surface area contributed by atoms with Crippen molar-refractivity contribution in [1.29, 1.82) is 0 Å². The Morgan fingerprint density at radius 3 is 2.29 bits per heavy atom. The van der Waals surface area contributed by atoms with Crippen LogP contribution < -0.4 is 0 Å². The molecule has 0 unspecified atom stereocenters. The molecule has 21 heavy (non-hydrogen) atoms. The Morgan fingerprint density at radius 1 is 0.762 bits per heavy atom. The van der Waals surface area contributed by atoms with Crippen LogP contribution in [-0.2, 0) is 0 Å². The lowest BCUT2D eigenvalue weighted by Crippen LogP contribution is -1.75. The monoisotopic (exact) mass is 276 g/mol. The van der Waals surface area contributed by atoms with Gasteiger partial charge in [0, 0.05) is 28.3 Å². The maximum absolute atomic E-state index is 3.37. The van der Waals surface area contributed by atoms with Gasteiger partial charge in [-0.25, -0.2) is 0 Å². The van der Waals surface area contributed by atoms with Gasteiger partial charge in [0.1, 0.15) is 0 Å². The highest BCUT2D eigenvalue weighted by Crippen LogP contribution is 2.23. The summed E-state index contributed by atoms with van der Waals surface area (Å²) >= 11 is 0. The third kappa shape index (κ3) is 2.57. The first-order valence-electron chi connectivity index (χ1n) is 7.23. The normalized spacial score (nSPS) is 10.6. The Morgan fingerprint density at radius 2 is 1.52 bits per heavy atom. The largest absolute Gasteiger partial charge is 0.361 e. The number of aromatic amines is 2. The second-order valence-corrected chi connectivity index (χ2v) is 5.44. The summed E-state index contributed by atoms with van der Waals surface area (Å²) in [6.07, 6.45) is 1.95. The number of fused-ring (bicyclic) bond motifs is 2. The van der Waals surface area contributed by atoms with Gasteiger partial charge in [0.15, 0.2) is 0 Å². The van der Waals surface area contributed by atoms with Crippen LogP contribution in [0.1, 0.15) is 16.8 Å². The topological polar surface area (TPSA) is 31.6 Å². The van der Waals surface area contributed by atoms with Crippen molar-refractivity contribution in [2.75, 3.05) is 0 Å². The SMILES string of the molecule is Cc1[nH]c2cccc(C)c2c1C.c1ccc2[nH]ccc2c1. The molecule has 2 heteroatoms. The first-order valence-corrected chi connectivity index (χ1v) is 7.23. The smallest absolute Gasteiger partial charge is 0.0461 e. The lowest BCUT2D eigenvalue weighted by Gasteiger charge is -1.95. The van der Waals surface area contributed by atoms with Gasteiger partial charge in [-0.05, 0) is 55.5 Å². The number of aromatic nitrogens is 2. The molecule has 2 aromatic carbocycles. The van der Waals surface area contributed by atoms with Crippen LogP contribution in [0, 0.1) is 20.8 Å². The van der Waals surface area contributed by atoms with E-state index in [1.54, 1.807) is 0 Å². The molecule has 0 saturated heterocycles. The summed E-state index contributed by atoms with van der Waals surface area (Å²) in [4.78, 5) is 6.49. The van der Waals surface area contributed by atoms with Gasteiger partial charge in [-0.1, -0.05) is 30.3 Å². The van der Waals surface area contributed by atoms with Crippen LogP contribution in [0.2, 0.25) is 0 Å². The van der Waals surface area contributed by atoms with Crippen molar-refractivity contribution in [3.63, 3.8) is 0 Å². The molecule has 0 fully saturated rings. The molecule has 0 aliphatic carbocycles. The zero-order chi connectivity index (χ0) is 14.8. The fraction of sp³-hybridized carbons (Fsp3) is 0.158. The average molecular weight is 276 g/mol. The summed E-state index contributed by atoms with van der Waals surface area (Å²) in [7, 11) is 0. The Hall–Kier alpha value is -2.48. The summed E-state index contributed by atoms with van der Waals surface area (Å²) in [6, 6.07) is 16.7. The van der Waals surface area contributed by atoms with Crippen LogP contribution in [0.5, 0.6) is 0 Å². The zero-order valence-corrected chi connectivity index (χ0v) is 12.7. The first kappa shape index (κ1) is 13.5. The predicted molar refractivity (Wildman–Crippen MR) is 90.8 cm³/mol. The van der Waals surface area contributed by atoms with Crippen LogP contribution in [0.3, 0.4) is 0 Å². The molecule has 4 aromatic rings. The summed E-state index contributed by atoms with van der Waals surface area (Å²) < 4.78 is 0. The van der Waals surface area contributed by atoms with E-state index in [9.17, 15) is 0 Å². The molecule has 2 heterocycles. The number of hydrogen-bond acceptors (Lipinski definition) is 0. The van der Waals surface area contributed by atoms with Gasteiger partial charge in [-0.3, -0.25) is 0 Å². The number of aryl methyl sites for hydroxylation is 3. The summed E-state index contributed by atoms with van der Waals surface area (Å²) in [6.45, 7) is 6.44. The summed E-state index contributed by atoms with van der Waals surface area (Å²) in [5.74, 6) is 0. The van der Waals surface area contributed by atoms with Crippen molar-refractivity contribution in [3.8, 4) is 0 Å². The minimum Gasteiger partial charge on any atom is -0.361 e. The van der Waals surface area contributed by atoms with Gasteiger partial charge in [-0.2, -0.15) is 0 Å². The number of H-pyrrole nitrogens is 2. The molecule has 0 radical (unpaired) electrons. The van der Waals surface area contributed by atoms with Gasteiger partial charge in [0.25, 0.3) is 0 Å². The van der Waals surface area contributed by atoms with Crippen molar-refractivity contribution in [2.45, 2.75) is 20.8 Å². The second-order valence-electron chi connectivity index (χ2n) is 5.44. The minimum atomic E-state index is 1.21. The summed E-state index contributed by atoms with van der Waals surface area (Å²) in [5.41, 5.74) is 6.47. The third-order valence-electron chi connectivity index (χ3n) is 3.99. The number of nitrogens with one attached hydrogen (secondary N) is 2. The lowest BCUT2D eigenvalue weighted by atomic mass is 10.1. The van der Waals surface area contributed by atoms with Crippen molar-refractivity contribution >= 4 is 21.8 Å². The first-order chi connectivity index (χ1) is 10.2. The fourth-order valence-corrected chi connectivity index (χ4v) is 2.75. The minimum absolute atomic E-state index is 1.21. The van der Waals surface area contributed by atoms with Crippen molar-refractivity contribution in [1.82, 2.24) is 9.97 Å². The highest BCUT2D eigenvalue weighted by Gasteiger charge is 2.04. The molecule has 0 aliphatic rings. The molecule has 0 aliphatic heterocycles. The zero-order valence-electron chi connectivity index (χ0n) is 12.7. The quantitative estimate of drug-likeness (QED) is 0.439. The van der Waals surface area contributed by atoms with E-state index in [4.69, 9.17) is 0 Å². The van der Waals surface area contributed by atoms with Crippen LogP contribution in [0.4, 0.5) is 0 Å². The van der Waals surface area contributed by atoms with E-state index in [0.29, 0.717) is 0 Å². The van der Waals surface area contributed by atoms with E-state index in [-0.39, 0.29) is 0 Å². The molecule has 0 spiro atoms. The number of para-hydroxylation sites is 1. The number of benzene rings is 2. The number of rotatable bonds is 0. The lowest BCUT2D eigenvalue weighted by molar-refractivity contribution is 1.25. The summed E-state index contributed by atoms with van der Waals surface area (Å²) in [5, 5.41) is 2.66. The second kappa shape index (κ2) is 5.49. The molecular formula is C19H20N2. The van der Waals surface area contributed by atoms with Crippen LogP contribution >= 0.6 is 0 Å². The van der Waals surface area contributed by atoms with Gasteiger partial charge in [-0.15, -0.1) is 0 Å². The Labute approximate surface area is 124 Å². The van der Waals surface area contributed by atoms with Gasteiger partial charge < -0.3 is 9.97 Å². The molecule has 0 saturated carbocycles. The van der Waals surface area contributed by atoms with E-state index in [0.717, 1.165) is 0 Å². The van der Waals surface area contributed by atoms with E-state index < -0.39 is 0 Å². The highest BCUT2D eigenvalue weighted by atomic mass is 14.7. The molecular weight excluding hydrogens is 256 g/mol. The molecule has 0 atom stereocenters. The average Bonchev–Trinajstić information content (AvgIpc) is 3.06. The van der Waals surface area contributed by atoms with E-state index in [2.05, 4.69) is 67.1 Å². The maximum Gasteiger partial charge on any atom is 0.0461 e. The maximum atomic E-state index is 3.37. The van der Waals surface area contributed by atoms with Crippen molar-refractivity contribution < 1.29 is 0 Å². The van der Waals surface area contributed by atoms with Crippen LogP contribution in [0.15, 0.2) is 54.7 Å². The van der Waals surface area contributed by atoms with E-state index in [1.807, 2.05) is 18.3 Å². The van der Waals surface area contributed by atoms with E-state index >= 15 is 0 Å². The standard InChI is InChI=1S/C11H13N.C8H7N/c1-7-5-4-6-10-11(7)8(2)9(3)12-10;1-2-4-8-7(3-1)5-6-9-8/h4-6,12H,1-3H3;1-6,9H. The van der Waals surface area contributed by atoms with Crippen molar-refractivity contribution in [2.24, 2.45) is 0 Å². The third-order valence-corrected chi connectivity index (χ3v) is 3.99. The Kier molecular flexibility index (Phi) is 3.53. The van der Waals surface area contributed by atoms with E-state index in [1.165, 1.54) is 38.6 Å². The predicted octanol–water partition coefficient (Wildman–Crippen LogP) is 5.26. The highest BCUT2D eigenvalue weighted by molar-refractivity contribution is 5.87. The van der Waals surface area contributed by atoms with Gasteiger partial charge >= 0.3 is 0 Å². The van der Waals surface area contributed by atoms with Gasteiger partial charge in [0.2, 0.25) is 0 Å². The van der Waals surface area contributed by atoms with Gasteiger partial charge in [0.05, 0.1) is 0 Å². The molecule has 2 aromatic heterocycles. The Bertz CT molecular complexity index is 851. The van der Waals surface area contributed by atoms with Crippen molar-refractivity contribution in [3.05, 3.63) is 71.5 Å². The molecule has 0 amide bonds. The molecule has 2 N–H and O–H groups in total. The molecule has 4 rings (SSSR count).